The smallest absolute Gasteiger partial charge is 0.310 e. The van der Waals surface area contributed by atoms with E-state index < -0.39 is 10.8 Å². The van der Waals surface area contributed by atoms with Crippen molar-refractivity contribution in [3.8, 4) is 5.75 Å². The van der Waals surface area contributed by atoms with Crippen LogP contribution in [0.4, 0.5) is 5.69 Å². The molecule has 0 radical (unpaired) electrons. The number of nitro groups is 1. The number of hydrogen-bond acceptors (Lipinski definition) is 5. The predicted octanol–water partition coefficient (Wildman–Crippen LogP) is 1.35. The van der Waals surface area contributed by atoms with Gasteiger partial charge in [0, 0.05) is 17.7 Å². The van der Waals surface area contributed by atoms with Crippen LogP contribution in [0.15, 0.2) is 18.2 Å². The van der Waals surface area contributed by atoms with Gasteiger partial charge in [-0.25, -0.2) is 0 Å². The first-order chi connectivity index (χ1) is 9.40. The molecule has 1 rings (SSSR count). The van der Waals surface area contributed by atoms with E-state index in [0.717, 1.165) is 0 Å². The molecule has 7 heteroatoms. The van der Waals surface area contributed by atoms with Gasteiger partial charge < -0.3 is 15.2 Å². The first-order valence-corrected chi connectivity index (χ1v) is 6.14. The highest BCUT2D eigenvalue weighted by Gasteiger charge is 2.20. The number of nitrogens with zero attached hydrogens (tertiary/aromatic N) is 1. The second-order valence-corrected chi connectivity index (χ2v) is 4.65. The molecule has 20 heavy (non-hydrogen) atoms. The standard InChI is InChI=1S/C13H18N2O5/c1-8(2)10(7-16)14-13(17)9-4-5-11(15(18)19)12(6-9)20-3/h4-6,8,10,16H,7H2,1-3H3,(H,14,17)/t10-/m1/s1. The van der Waals surface area contributed by atoms with E-state index >= 15 is 0 Å². The number of benzene rings is 1. The van der Waals surface area contributed by atoms with E-state index in [1.54, 1.807) is 0 Å². The van der Waals surface area contributed by atoms with Crippen LogP contribution in [-0.2, 0) is 0 Å². The van der Waals surface area contributed by atoms with Gasteiger partial charge in [0.25, 0.3) is 5.91 Å². The average molecular weight is 282 g/mol. The Morgan fingerprint density at radius 3 is 2.60 bits per heavy atom. The maximum Gasteiger partial charge on any atom is 0.310 e. The van der Waals surface area contributed by atoms with Crippen LogP contribution in [0.1, 0.15) is 24.2 Å². The number of rotatable bonds is 6. The summed E-state index contributed by atoms with van der Waals surface area (Å²) in [5, 5.41) is 22.6. The highest BCUT2D eigenvalue weighted by atomic mass is 16.6. The lowest BCUT2D eigenvalue weighted by Gasteiger charge is -2.19. The Morgan fingerprint density at radius 2 is 2.15 bits per heavy atom. The number of amides is 1. The maximum atomic E-state index is 12.0. The lowest BCUT2D eigenvalue weighted by atomic mass is 10.0. The van der Waals surface area contributed by atoms with E-state index in [-0.39, 0.29) is 35.6 Å². The number of nitrogens with one attached hydrogen (secondary N) is 1. The molecule has 110 valence electrons. The largest absolute Gasteiger partial charge is 0.490 e. The molecule has 0 aliphatic carbocycles. The third-order valence-corrected chi connectivity index (χ3v) is 2.96. The molecular formula is C13H18N2O5. The van der Waals surface area contributed by atoms with Crippen LogP contribution in [0.3, 0.4) is 0 Å². The highest BCUT2D eigenvalue weighted by molar-refractivity contribution is 5.95. The van der Waals surface area contributed by atoms with Gasteiger partial charge in [-0.15, -0.1) is 0 Å². The third-order valence-electron chi connectivity index (χ3n) is 2.96. The summed E-state index contributed by atoms with van der Waals surface area (Å²) in [6, 6.07) is 3.51. The third kappa shape index (κ3) is 3.67. The van der Waals surface area contributed by atoms with Gasteiger partial charge in [0.05, 0.1) is 24.7 Å². The van der Waals surface area contributed by atoms with Crippen LogP contribution in [0, 0.1) is 16.0 Å². The molecule has 2 N–H and O–H groups in total. The van der Waals surface area contributed by atoms with Crippen LogP contribution < -0.4 is 10.1 Å². The van der Waals surface area contributed by atoms with Gasteiger partial charge in [-0.3, -0.25) is 14.9 Å². The van der Waals surface area contributed by atoms with Crippen LogP contribution in [-0.4, -0.2) is 35.7 Å². The van der Waals surface area contributed by atoms with E-state index in [9.17, 15) is 20.0 Å². The van der Waals surface area contributed by atoms with E-state index in [1.165, 1.54) is 25.3 Å². The Balaban J connectivity index is 2.97. The van der Waals surface area contributed by atoms with Crippen molar-refractivity contribution >= 4 is 11.6 Å². The summed E-state index contributed by atoms with van der Waals surface area (Å²) in [6.45, 7) is 3.57. The number of aliphatic hydroxyl groups is 1. The lowest BCUT2D eigenvalue weighted by molar-refractivity contribution is -0.385. The Bertz CT molecular complexity index is 502. The minimum atomic E-state index is -0.578. The minimum Gasteiger partial charge on any atom is -0.490 e. The molecule has 0 saturated heterocycles. The van der Waals surface area contributed by atoms with Crippen molar-refractivity contribution in [1.82, 2.24) is 5.32 Å². The van der Waals surface area contributed by atoms with Gasteiger partial charge in [0.2, 0.25) is 0 Å². The quantitative estimate of drug-likeness (QED) is 0.605. The predicted molar refractivity (Wildman–Crippen MR) is 72.8 cm³/mol. The molecule has 1 aromatic rings. The van der Waals surface area contributed by atoms with Gasteiger partial charge in [-0.05, 0) is 12.0 Å². The van der Waals surface area contributed by atoms with Gasteiger partial charge in [-0.1, -0.05) is 13.8 Å². The van der Waals surface area contributed by atoms with Crippen LogP contribution in [0.5, 0.6) is 5.75 Å². The summed E-state index contributed by atoms with van der Waals surface area (Å²) in [6.07, 6.45) is 0. The molecule has 0 saturated carbocycles. The van der Waals surface area contributed by atoms with E-state index in [4.69, 9.17) is 4.74 Å². The highest BCUT2D eigenvalue weighted by Crippen LogP contribution is 2.27. The zero-order chi connectivity index (χ0) is 15.3. The maximum absolute atomic E-state index is 12.0. The normalized spacial score (nSPS) is 12.1. The number of carbonyl (C=O) groups excluding carboxylic acids is 1. The van der Waals surface area contributed by atoms with Crippen LogP contribution in [0.2, 0.25) is 0 Å². The molecule has 0 heterocycles. The number of methoxy groups -OCH3 is 1. The van der Waals surface area contributed by atoms with Crippen molar-refractivity contribution < 1.29 is 19.6 Å². The number of carbonyl (C=O) groups is 1. The first kappa shape index (κ1) is 15.9. The fraction of sp³-hybridized carbons (Fsp3) is 0.462. The Kier molecular flexibility index (Phi) is 5.45. The fourth-order valence-corrected chi connectivity index (χ4v) is 1.64. The molecule has 1 atom stereocenters. The summed E-state index contributed by atoms with van der Waals surface area (Å²) in [7, 11) is 1.30. The zero-order valence-electron chi connectivity index (χ0n) is 11.6. The molecule has 0 unspecified atom stereocenters. The monoisotopic (exact) mass is 282 g/mol. The van der Waals surface area contributed by atoms with Crippen molar-refractivity contribution in [2.24, 2.45) is 5.92 Å². The SMILES string of the molecule is COc1cc(C(=O)N[C@H](CO)C(C)C)ccc1[N+](=O)[O-]. The van der Waals surface area contributed by atoms with Crippen molar-refractivity contribution in [2.75, 3.05) is 13.7 Å². The van der Waals surface area contributed by atoms with Gasteiger partial charge in [0.15, 0.2) is 5.75 Å². The van der Waals surface area contributed by atoms with Gasteiger partial charge in [-0.2, -0.15) is 0 Å². The van der Waals surface area contributed by atoms with E-state index in [1.807, 2.05) is 13.8 Å². The van der Waals surface area contributed by atoms with E-state index in [2.05, 4.69) is 5.32 Å². The summed E-state index contributed by atoms with van der Waals surface area (Å²) in [4.78, 5) is 22.2. The summed E-state index contributed by atoms with van der Waals surface area (Å²) in [5.41, 5.74) is 0.0400. The van der Waals surface area contributed by atoms with Crippen LogP contribution >= 0.6 is 0 Å². The number of ether oxygens (including phenoxy) is 1. The van der Waals surface area contributed by atoms with Gasteiger partial charge >= 0.3 is 5.69 Å². The topological polar surface area (TPSA) is 102 Å². The summed E-state index contributed by atoms with van der Waals surface area (Å²) >= 11 is 0. The van der Waals surface area contributed by atoms with E-state index in [0.29, 0.717) is 0 Å². The molecule has 0 bridgehead atoms. The first-order valence-electron chi connectivity index (χ1n) is 6.14. The molecule has 0 aliphatic heterocycles. The fourth-order valence-electron chi connectivity index (χ4n) is 1.64. The molecular weight excluding hydrogens is 264 g/mol. The second-order valence-electron chi connectivity index (χ2n) is 4.65. The Hall–Kier alpha value is -2.15. The lowest BCUT2D eigenvalue weighted by Crippen LogP contribution is -2.41. The molecule has 1 aromatic carbocycles. The molecule has 1 amide bonds. The number of aliphatic hydroxyl groups excluding tert-OH is 1. The summed E-state index contributed by atoms with van der Waals surface area (Å²) in [5.74, 6) is -0.317. The van der Waals surface area contributed by atoms with Crippen molar-refractivity contribution in [1.29, 1.82) is 0 Å². The van der Waals surface area contributed by atoms with Crippen molar-refractivity contribution in [2.45, 2.75) is 19.9 Å². The molecule has 0 aliphatic rings. The Morgan fingerprint density at radius 1 is 1.50 bits per heavy atom. The Labute approximate surface area is 116 Å². The average Bonchev–Trinajstić information content (AvgIpc) is 2.43. The van der Waals surface area contributed by atoms with Crippen LogP contribution in [0.25, 0.3) is 0 Å². The van der Waals surface area contributed by atoms with Crippen molar-refractivity contribution in [3.63, 3.8) is 0 Å². The van der Waals surface area contributed by atoms with Crippen molar-refractivity contribution in [3.05, 3.63) is 33.9 Å². The summed E-state index contributed by atoms with van der Waals surface area (Å²) < 4.78 is 4.91. The number of nitro benzene ring substituents is 1. The zero-order valence-corrected chi connectivity index (χ0v) is 11.6. The van der Waals surface area contributed by atoms with Gasteiger partial charge in [0.1, 0.15) is 0 Å². The molecule has 0 aromatic heterocycles. The molecule has 0 spiro atoms. The molecule has 0 fully saturated rings. The minimum absolute atomic E-state index is 0.0211. The number of hydrogen-bond donors (Lipinski definition) is 2. The molecule has 7 nitrogen and oxygen atoms in total. The second kappa shape index (κ2) is 6.85.